The Morgan fingerprint density at radius 3 is 2.33 bits per heavy atom. The average molecular weight is 407 g/mol. The van der Waals surface area contributed by atoms with Crippen LogP contribution in [0.5, 0.6) is 0 Å². The highest BCUT2D eigenvalue weighted by Gasteiger charge is 2.22. The van der Waals surface area contributed by atoms with Gasteiger partial charge in [-0.05, 0) is 62.4 Å². The first-order chi connectivity index (χ1) is 12.6. The van der Waals surface area contributed by atoms with Crippen LogP contribution in [0.3, 0.4) is 0 Å². The normalized spacial score (nSPS) is 12.0. The van der Waals surface area contributed by atoms with E-state index in [0.29, 0.717) is 11.3 Å². The second-order valence-electron chi connectivity index (χ2n) is 7.17. The molecule has 0 aliphatic carbocycles. The largest absolute Gasteiger partial charge is 0.322 e. The molecule has 2 rings (SSSR count). The van der Waals surface area contributed by atoms with Crippen LogP contribution in [0.15, 0.2) is 53.4 Å². The number of thioether (sulfide) groups is 1. The van der Waals surface area contributed by atoms with Crippen LogP contribution >= 0.6 is 11.8 Å². The summed E-state index contributed by atoms with van der Waals surface area (Å²) in [7, 11) is -3.66. The lowest BCUT2D eigenvalue weighted by molar-refractivity contribution is 0.102. The number of sulfonamides is 1. The van der Waals surface area contributed by atoms with E-state index in [4.69, 9.17) is 0 Å². The van der Waals surface area contributed by atoms with Crippen molar-refractivity contribution in [3.05, 3.63) is 59.7 Å². The van der Waals surface area contributed by atoms with Gasteiger partial charge >= 0.3 is 0 Å². The molecule has 0 saturated heterocycles. The maximum absolute atomic E-state index is 12.5. The minimum atomic E-state index is -3.66. The number of rotatable bonds is 7. The van der Waals surface area contributed by atoms with Crippen molar-refractivity contribution in [3.63, 3.8) is 0 Å². The minimum Gasteiger partial charge on any atom is -0.322 e. The fourth-order valence-electron chi connectivity index (χ4n) is 2.38. The van der Waals surface area contributed by atoms with Crippen molar-refractivity contribution in [3.8, 4) is 0 Å². The molecule has 146 valence electrons. The molecule has 5 nitrogen and oxygen atoms in total. The standard InChI is InChI=1S/C20H26N2O3S2/c1-5-26-14-15-9-11-16(12-10-15)19(23)21-17-7-6-8-18(13-17)27(24,25)22-20(2,3)4/h6-13,22H,5,14H2,1-4H3,(H,21,23). The van der Waals surface area contributed by atoms with Crippen molar-refractivity contribution in [1.82, 2.24) is 4.72 Å². The Morgan fingerprint density at radius 2 is 1.74 bits per heavy atom. The fraction of sp³-hybridized carbons (Fsp3) is 0.350. The zero-order valence-corrected chi connectivity index (χ0v) is 17.7. The first-order valence-corrected chi connectivity index (χ1v) is 11.4. The molecule has 2 N–H and O–H groups in total. The number of carbonyl (C=O) groups is 1. The average Bonchev–Trinajstić information content (AvgIpc) is 2.58. The van der Waals surface area contributed by atoms with Gasteiger partial charge in [0.05, 0.1) is 4.90 Å². The summed E-state index contributed by atoms with van der Waals surface area (Å²) < 4.78 is 27.5. The number of anilines is 1. The Morgan fingerprint density at radius 1 is 1.07 bits per heavy atom. The zero-order valence-electron chi connectivity index (χ0n) is 16.1. The second-order valence-corrected chi connectivity index (χ2v) is 10.1. The van der Waals surface area contributed by atoms with Crippen LogP contribution in [0.1, 0.15) is 43.6 Å². The smallest absolute Gasteiger partial charge is 0.255 e. The van der Waals surface area contributed by atoms with Crippen LogP contribution < -0.4 is 10.0 Å². The monoisotopic (exact) mass is 406 g/mol. The van der Waals surface area contributed by atoms with Gasteiger partial charge in [0, 0.05) is 22.5 Å². The van der Waals surface area contributed by atoms with Gasteiger partial charge in [0.1, 0.15) is 0 Å². The first kappa shape index (κ1) is 21.5. The number of nitrogens with one attached hydrogen (secondary N) is 2. The van der Waals surface area contributed by atoms with Crippen LogP contribution in [-0.2, 0) is 15.8 Å². The molecule has 0 radical (unpaired) electrons. The lowest BCUT2D eigenvalue weighted by atomic mass is 10.1. The molecule has 0 unspecified atom stereocenters. The fourth-order valence-corrected chi connectivity index (χ4v) is 4.47. The van der Waals surface area contributed by atoms with Crippen LogP contribution in [-0.4, -0.2) is 25.6 Å². The van der Waals surface area contributed by atoms with Crippen LogP contribution in [0.2, 0.25) is 0 Å². The van der Waals surface area contributed by atoms with E-state index in [1.807, 2.05) is 23.9 Å². The highest BCUT2D eigenvalue weighted by molar-refractivity contribution is 7.98. The highest BCUT2D eigenvalue weighted by Crippen LogP contribution is 2.19. The van der Waals surface area contributed by atoms with Gasteiger partial charge in [-0.15, -0.1) is 0 Å². The van der Waals surface area contributed by atoms with Crippen molar-refractivity contribution in [2.75, 3.05) is 11.1 Å². The summed E-state index contributed by atoms with van der Waals surface area (Å²) in [6.45, 7) is 7.44. The summed E-state index contributed by atoms with van der Waals surface area (Å²) in [5.41, 5.74) is 1.54. The molecular weight excluding hydrogens is 380 g/mol. The van der Waals surface area contributed by atoms with Gasteiger partial charge < -0.3 is 5.32 Å². The maximum Gasteiger partial charge on any atom is 0.255 e. The molecule has 0 aromatic heterocycles. The molecule has 0 saturated carbocycles. The molecule has 0 heterocycles. The van der Waals surface area contributed by atoms with Crippen molar-refractivity contribution >= 4 is 33.4 Å². The Hall–Kier alpha value is -1.83. The van der Waals surface area contributed by atoms with E-state index >= 15 is 0 Å². The molecule has 27 heavy (non-hydrogen) atoms. The third kappa shape index (κ3) is 6.68. The lowest BCUT2D eigenvalue weighted by Crippen LogP contribution is -2.40. The molecule has 2 aromatic rings. The molecular formula is C20H26N2O3S2. The second kappa shape index (κ2) is 8.91. The van der Waals surface area contributed by atoms with E-state index in [9.17, 15) is 13.2 Å². The predicted molar refractivity (Wildman–Crippen MR) is 113 cm³/mol. The molecule has 1 amide bonds. The summed E-state index contributed by atoms with van der Waals surface area (Å²) in [5, 5.41) is 2.76. The summed E-state index contributed by atoms with van der Waals surface area (Å²) in [6.07, 6.45) is 0. The molecule has 7 heteroatoms. The lowest BCUT2D eigenvalue weighted by Gasteiger charge is -2.20. The molecule has 2 aromatic carbocycles. The number of carbonyl (C=O) groups excluding carboxylic acids is 1. The van der Waals surface area contributed by atoms with Crippen molar-refractivity contribution in [1.29, 1.82) is 0 Å². The van der Waals surface area contributed by atoms with Gasteiger partial charge in [-0.1, -0.05) is 25.1 Å². The van der Waals surface area contributed by atoms with Gasteiger partial charge in [0.25, 0.3) is 5.91 Å². The van der Waals surface area contributed by atoms with Crippen molar-refractivity contribution in [2.24, 2.45) is 0 Å². The third-order valence-electron chi connectivity index (χ3n) is 3.53. The van der Waals surface area contributed by atoms with E-state index in [2.05, 4.69) is 17.0 Å². The van der Waals surface area contributed by atoms with Gasteiger partial charge in [0.15, 0.2) is 0 Å². The Kier molecular flexibility index (Phi) is 7.08. The number of hydrogen-bond donors (Lipinski definition) is 2. The zero-order chi connectivity index (χ0) is 20.1. The van der Waals surface area contributed by atoms with E-state index in [1.54, 1.807) is 45.0 Å². The predicted octanol–water partition coefficient (Wildman–Crippen LogP) is 4.27. The number of amides is 1. The molecule has 0 fully saturated rings. The van der Waals surface area contributed by atoms with E-state index in [-0.39, 0.29) is 10.8 Å². The summed E-state index contributed by atoms with van der Waals surface area (Å²) >= 11 is 1.82. The first-order valence-electron chi connectivity index (χ1n) is 8.73. The Labute approximate surface area is 166 Å². The van der Waals surface area contributed by atoms with Crippen LogP contribution in [0.25, 0.3) is 0 Å². The molecule has 0 aliphatic rings. The molecule has 0 aliphatic heterocycles. The van der Waals surface area contributed by atoms with E-state index < -0.39 is 15.6 Å². The van der Waals surface area contributed by atoms with Crippen molar-refractivity contribution < 1.29 is 13.2 Å². The number of hydrogen-bond acceptors (Lipinski definition) is 4. The van der Waals surface area contributed by atoms with Gasteiger partial charge in [0.2, 0.25) is 10.0 Å². The quantitative estimate of drug-likeness (QED) is 0.720. The van der Waals surface area contributed by atoms with E-state index in [0.717, 1.165) is 11.5 Å². The Balaban J connectivity index is 2.12. The van der Waals surface area contributed by atoms with Gasteiger partial charge in [-0.2, -0.15) is 11.8 Å². The SMILES string of the molecule is CCSCc1ccc(C(=O)Nc2cccc(S(=O)(=O)NC(C)(C)C)c2)cc1. The highest BCUT2D eigenvalue weighted by atomic mass is 32.2. The summed E-state index contributed by atoms with van der Waals surface area (Å²) in [5.74, 6) is 1.69. The maximum atomic E-state index is 12.5. The summed E-state index contributed by atoms with van der Waals surface area (Å²) in [4.78, 5) is 12.6. The molecule has 0 bridgehead atoms. The van der Waals surface area contributed by atoms with Gasteiger partial charge in [-0.25, -0.2) is 13.1 Å². The topological polar surface area (TPSA) is 75.3 Å². The Bertz CT molecular complexity index is 886. The van der Waals surface area contributed by atoms with Crippen LogP contribution in [0, 0.1) is 0 Å². The third-order valence-corrected chi connectivity index (χ3v) is 6.23. The van der Waals surface area contributed by atoms with E-state index in [1.165, 1.54) is 17.7 Å². The summed E-state index contributed by atoms with van der Waals surface area (Å²) in [6, 6.07) is 13.7. The molecule has 0 atom stereocenters. The minimum absolute atomic E-state index is 0.113. The van der Waals surface area contributed by atoms with Crippen LogP contribution in [0.4, 0.5) is 5.69 Å². The van der Waals surface area contributed by atoms with Gasteiger partial charge in [-0.3, -0.25) is 4.79 Å². The van der Waals surface area contributed by atoms with Crippen molar-refractivity contribution in [2.45, 2.75) is 43.9 Å². The number of benzene rings is 2. The molecule has 0 spiro atoms.